The fourth-order valence-electron chi connectivity index (χ4n) is 3.76. The maximum Gasteiger partial charge on any atom is 0.170 e. The standard InChI is InChI=1S/C16H21N3O2/c1-17-12-6-7-16(20-8-9-21-16)10-15(12)19-11-18-13-4-2-3-5-14(13)19/h2-5,11-12,15,17H,6-10H2,1H3. The molecule has 1 aliphatic heterocycles. The maximum absolute atomic E-state index is 5.93. The molecule has 1 N–H and O–H groups in total. The monoisotopic (exact) mass is 287 g/mol. The predicted octanol–water partition coefficient (Wildman–Crippen LogP) is 2.09. The van der Waals surface area contributed by atoms with Crippen LogP contribution in [0.1, 0.15) is 25.3 Å². The lowest BCUT2D eigenvalue weighted by atomic mass is 9.85. The molecule has 5 heteroatoms. The van der Waals surface area contributed by atoms with E-state index in [0.717, 1.165) is 24.8 Å². The first-order valence-electron chi connectivity index (χ1n) is 7.68. The van der Waals surface area contributed by atoms with Crippen molar-refractivity contribution in [2.45, 2.75) is 37.1 Å². The minimum absolute atomic E-state index is 0.300. The molecule has 5 nitrogen and oxygen atoms in total. The lowest BCUT2D eigenvalue weighted by Gasteiger charge is -2.41. The zero-order chi connectivity index (χ0) is 14.3. The number of hydrogen-bond acceptors (Lipinski definition) is 4. The van der Waals surface area contributed by atoms with Crippen LogP contribution in [-0.2, 0) is 9.47 Å². The van der Waals surface area contributed by atoms with Crippen LogP contribution in [0.2, 0.25) is 0 Å². The topological polar surface area (TPSA) is 48.3 Å². The molecule has 2 aliphatic rings. The van der Waals surface area contributed by atoms with Crippen LogP contribution >= 0.6 is 0 Å². The normalized spacial score (nSPS) is 28.4. The van der Waals surface area contributed by atoms with E-state index in [-0.39, 0.29) is 5.79 Å². The highest BCUT2D eigenvalue weighted by Crippen LogP contribution is 2.41. The van der Waals surface area contributed by atoms with E-state index >= 15 is 0 Å². The number of benzene rings is 1. The molecule has 2 unspecified atom stereocenters. The number of aromatic nitrogens is 2. The van der Waals surface area contributed by atoms with E-state index in [2.05, 4.69) is 33.1 Å². The van der Waals surface area contributed by atoms with Gasteiger partial charge in [-0.25, -0.2) is 4.98 Å². The zero-order valence-corrected chi connectivity index (χ0v) is 12.3. The van der Waals surface area contributed by atoms with Gasteiger partial charge in [0.25, 0.3) is 0 Å². The van der Waals surface area contributed by atoms with Gasteiger partial charge < -0.3 is 19.4 Å². The van der Waals surface area contributed by atoms with Gasteiger partial charge in [0, 0.05) is 18.9 Å². The number of ether oxygens (including phenoxy) is 2. The van der Waals surface area contributed by atoms with Crippen LogP contribution in [0.3, 0.4) is 0 Å². The van der Waals surface area contributed by atoms with Crippen molar-refractivity contribution in [1.29, 1.82) is 0 Å². The van der Waals surface area contributed by atoms with Crippen LogP contribution in [-0.4, -0.2) is 41.6 Å². The van der Waals surface area contributed by atoms with Gasteiger partial charge in [-0.3, -0.25) is 0 Å². The minimum atomic E-state index is -0.386. The Labute approximate surface area is 124 Å². The van der Waals surface area contributed by atoms with E-state index in [4.69, 9.17) is 9.47 Å². The molecule has 0 radical (unpaired) electrons. The molecule has 1 saturated carbocycles. The van der Waals surface area contributed by atoms with Crippen molar-refractivity contribution in [2.75, 3.05) is 20.3 Å². The van der Waals surface area contributed by atoms with Crippen molar-refractivity contribution in [3.8, 4) is 0 Å². The van der Waals surface area contributed by atoms with Gasteiger partial charge in [-0.15, -0.1) is 0 Å². The third kappa shape index (κ3) is 2.16. The van der Waals surface area contributed by atoms with Crippen molar-refractivity contribution in [3.63, 3.8) is 0 Å². The number of likely N-dealkylation sites (N-methyl/N-ethyl adjacent to an activating group) is 1. The number of nitrogens with zero attached hydrogens (tertiary/aromatic N) is 2. The molecular weight excluding hydrogens is 266 g/mol. The summed E-state index contributed by atoms with van der Waals surface area (Å²) in [6.45, 7) is 1.42. The molecule has 2 fully saturated rings. The lowest BCUT2D eigenvalue weighted by molar-refractivity contribution is -0.188. The molecule has 1 spiro atoms. The number of rotatable bonds is 2. The number of nitrogens with one attached hydrogen (secondary N) is 1. The summed E-state index contributed by atoms with van der Waals surface area (Å²) >= 11 is 0. The van der Waals surface area contributed by atoms with Crippen LogP contribution < -0.4 is 5.32 Å². The van der Waals surface area contributed by atoms with E-state index in [0.29, 0.717) is 25.3 Å². The van der Waals surface area contributed by atoms with E-state index < -0.39 is 0 Å². The highest BCUT2D eigenvalue weighted by molar-refractivity contribution is 5.75. The maximum atomic E-state index is 5.93. The predicted molar refractivity (Wildman–Crippen MR) is 80.1 cm³/mol. The van der Waals surface area contributed by atoms with Crippen LogP contribution in [0.4, 0.5) is 0 Å². The van der Waals surface area contributed by atoms with E-state index in [1.54, 1.807) is 0 Å². The molecule has 1 saturated heterocycles. The second kappa shape index (κ2) is 5.09. The Balaban J connectivity index is 1.72. The number of hydrogen-bond donors (Lipinski definition) is 1. The highest BCUT2D eigenvalue weighted by Gasteiger charge is 2.45. The summed E-state index contributed by atoms with van der Waals surface area (Å²) in [6.07, 6.45) is 4.84. The molecular formula is C16H21N3O2. The average Bonchev–Trinajstić information content (AvgIpc) is 3.14. The van der Waals surface area contributed by atoms with Crippen molar-refractivity contribution in [3.05, 3.63) is 30.6 Å². The average molecular weight is 287 g/mol. The molecule has 0 bridgehead atoms. The number of para-hydroxylation sites is 2. The summed E-state index contributed by atoms with van der Waals surface area (Å²) in [6, 6.07) is 9.00. The van der Waals surface area contributed by atoms with Crippen LogP contribution in [0.5, 0.6) is 0 Å². The van der Waals surface area contributed by atoms with Crippen LogP contribution in [0.25, 0.3) is 11.0 Å². The summed E-state index contributed by atoms with van der Waals surface area (Å²) < 4.78 is 14.1. The summed E-state index contributed by atoms with van der Waals surface area (Å²) in [5.41, 5.74) is 2.22. The first-order chi connectivity index (χ1) is 10.3. The van der Waals surface area contributed by atoms with Crippen molar-refractivity contribution in [1.82, 2.24) is 14.9 Å². The fraction of sp³-hybridized carbons (Fsp3) is 0.562. The molecule has 4 rings (SSSR count). The van der Waals surface area contributed by atoms with Crippen molar-refractivity contribution < 1.29 is 9.47 Å². The van der Waals surface area contributed by atoms with Crippen molar-refractivity contribution >= 4 is 11.0 Å². The Morgan fingerprint density at radius 2 is 2.10 bits per heavy atom. The van der Waals surface area contributed by atoms with Gasteiger partial charge >= 0.3 is 0 Å². The highest BCUT2D eigenvalue weighted by atomic mass is 16.7. The molecule has 2 heterocycles. The molecule has 1 aromatic carbocycles. The third-order valence-electron chi connectivity index (χ3n) is 4.84. The molecule has 21 heavy (non-hydrogen) atoms. The first-order valence-corrected chi connectivity index (χ1v) is 7.68. The molecule has 1 aliphatic carbocycles. The fourth-order valence-corrected chi connectivity index (χ4v) is 3.76. The third-order valence-corrected chi connectivity index (χ3v) is 4.84. The molecule has 2 atom stereocenters. The Bertz CT molecular complexity index is 633. The number of imidazole rings is 1. The SMILES string of the molecule is CNC1CCC2(CC1n1cnc3ccccc31)OCCO2. The number of fused-ring (bicyclic) bond motifs is 1. The zero-order valence-electron chi connectivity index (χ0n) is 12.3. The second-order valence-corrected chi connectivity index (χ2v) is 5.95. The summed E-state index contributed by atoms with van der Waals surface area (Å²) in [5, 5.41) is 3.45. The lowest BCUT2D eigenvalue weighted by Crippen LogP contribution is -2.47. The van der Waals surface area contributed by atoms with Gasteiger partial charge in [0.1, 0.15) is 0 Å². The van der Waals surface area contributed by atoms with E-state index in [1.165, 1.54) is 5.52 Å². The van der Waals surface area contributed by atoms with Gasteiger partial charge in [-0.05, 0) is 25.6 Å². The van der Waals surface area contributed by atoms with Gasteiger partial charge in [-0.1, -0.05) is 12.1 Å². The van der Waals surface area contributed by atoms with Crippen molar-refractivity contribution in [2.24, 2.45) is 0 Å². The second-order valence-electron chi connectivity index (χ2n) is 5.95. The van der Waals surface area contributed by atoms with E-state index in [1.807, 2.05) is 19.4 Å². The largest absolute Gasteiger partial charge is 0.347 e. The Morgan fingerprint density at radius 3 is 2.90 bits per heavy atom. The Hall–Kier alpha value is -1.43. The van der Waals surface area contributed by atoms with Gasteiger partial charge in [0.05, 0.1) is 36.6 Å². The molecule has 1 aromatic heterocycles. The first kappa shape index (κ1) is 13.2. The smallest absolute Gasteiger partial charge is 0.170 e. The van der Waals surface area contributed by atoms with Crippen LogP contribution in [0.15, 0.2) is 30.6 Å². The Kier molecular flexibility index (Phi) is 3.21. The van der Waals surface area contributed by atoms with Crippen LogP contribution in [0, 0.1) is 0 Å². The summed E-state index contributed by atoms with van der Waals surface area (Å²) in [7, 11) is 2.03. The summed E-state index contributed by atoms with van der Waals surface area (Å²) in [4.78, 5) is 4.53. The quantitative estimate of drug-likeness (QED) is 0.919. The Morgan fingerprint density at radius 1 is 1.29 bits per heavy atom. The molecule has 2 aromatic rings. The van der Waals surface area contributed by atoms with Gasteiger partial charge in [-0.2, -0.15) is 0 Å². The molecule has 112 valence electrons. The van der Waals surface area contributed by atoms with Gasteiger partial charge in [0.15, 0.2) is 5.79 Å². The summed E-state index contributed by atoms with van der Waals surface area (Å²) in [5.74, 6) is -0.386. The molecule has 0 amide bonds. The van der Waals surface area contributed by atoms with Gasteiger partial charge in [0.2, 0.25) is 0 Å². The van der Waals surface area contributed by atoms with E-state index in [9.17, 15) is 0 Å². The minimum Gasteiger partial charge on any atom is -0.347 e.